The molecular weight excluding hydrogens is 356 g/mol. The fourth-order valence-corrected chi connectivity index (χ4v) is 4.47. The van der Waals surface area contributed by atoms with Gasteiger partial charge in [-0.05, 0) is 44.2 Å². The summed E-state index contributed by atoms with van der Waals surface area (Å²) in [6, 6.07) is 13.8. The second-order valence-electron chi connectivity index (χ2n) is 5.62. The summed E-state index contributed by atoms with van der Waals surface area (Å²) in [7, 11) is -3.71. The second-order valence-corrected chi connectivity index (χ2v) is 7.97. The summed E-state index contributed by atoms with van der Waals surface area (Å²) in [5.74, 6) is 0. The van der Waals surface area contributed by atoms with Gasteiger partial charge in [0.25, 0.3) is 0 Å². The van der Waals surface area contributed by atoms with Crippen molar-refractivity contribution in [1.82, 2.24) is 4.98 Å². The van der Waals surface area contributed by atoms with Gasteiger partial charge in [-0.2, -0.15) is 0 Å². The van der Waals surface area contributed by atoms with Crippen molar-refractivity contribution in [2.45, 2.75) is 23.6 Å². The highest BCUT2D eigenvalue weighted by Crippen LogP contribution is 2.35. The highest BCUT2D eigenvalue weighted by atomic mass is 35.5. The van der Waals surface area contributed by atoms with E-state index in [-0.39, 0.29) is 9.79 Å². The number of hydrogen-bond donors (Lipinski definition) is 0. The molecule has 3 aromatic rings. The molecule has 2 aromatic carbocycles. The van der Waals surface area contributed by atoms with Gasteiger partial charge in [0, 0.05) is 29.7 Å². The smallest absolute Gasteiger partial charge is 0.210 e. The van der Waals surface area contributed by atoms with Gasteiger partial charge in [0.1, 0.15) is 4.90 Å². The van der Waals surface area contributed by atoms with Crippen molar-refractivity contribution in [3.63, 3.8) is 0 Å². The Morgan fingerprint density at radius 1 is 1.00 bits per heavy atom. The van der Waals surface area contributed by atoms with E-state index in [0.717, 1.165) is 10.9 Å². The molecule has 0 unspecified atom stereocenters. The number of fused-ring (bicyclic) bond motifs is 1. The fourth-order valence-electron chi connectivity index (χ4n) is 2.91. The predicted molar refractivity (Wildman–Crippen MR) is 102 cm³/mol. The zero-order chi connectivity index (χ0) is 18.0. The predicted octanol–water partition coefficient (Wildman–Crippen LogP) is 4.57. The zero-order valence-corrected chi connectivity index (χ0v) is 15.7. The summed E-state index contributed by atoms with van der Waals surface area (Å²) in [4.78, 5) is 6.85. The highest BCUT2D eigenvalue weighted by molar-refractivity contribution is 7.91. The number of pyridine rings is 1. The molecule has 0 saturated heterocycles. The van der Waals surface area contributed by atoms with Crippen LogP contribution in [-0.2, 0) is 9.84 Å². The molecule has 0 bridgehead atoms. The van der Waals surface area contributed by atoms with E-state index in [1.54, 1.807) is 12.1 Å². The summed E-state index contributed by atoms with van der Waals surface area (Å²) in [6.07, 6.45) is 1.46. The van der Waals surface area contributed by atoms with Gasteiger partial charge < -0.3 is 4.90 Å². The maximum atomic E-state index is 13.2. The van der Waals surface area contributed by atoms with Gasteiger partial charge in [-0.3, -0.25) is 4.98 Å². The standard InChI is InChI=1S/C19H19ClN2O2S/c1-3-22(4-2)19-16-7-5-6-8-17(16)21-13-18(19)25(23,24)15-11-9-14(20)10-12-15/h5-13H,3-4H2,1-2H3. The van der Waals surface area contributed by atoms with Crippen LogP contribution in [0.4, 0.5) is 5.69 Å². The number of nitrogens with zero attached hydrogens (tertiary/aromatic N) is 2. The third-order valence-corrected chi connectivity index (χ3v) is 6.23. The highest BCUT2D eigenvalue weighted by Gasteiger charge is 2.25. The van der Waals surface area contributed by atoms with E-state index in [1.807, 2.05) is 43.0 Å². The Labute approximate surface area is 153 Å². The molecule has 0 N–H and O–H groups in total. The minimum absolute atomic E-state index is 0.211. The number of hydrogen-bond acceptors (Lipinski definition) is 4. The van der Waals surface area contributed by atoms with Gasteiger partial charge >= 0.3 is 0 Å². The number of halogens is 1. The van der Waals surface area contributed by atoms with Crippen molar-refractivity contribution in [1.29, 1.82) is 0 Å². The molecule has 3 rings (SSSR count). The summed E-state index contributed by atoms with van der Waals surface area (Å²) in [5.41, 5.74) is 1.48. The monoisotopic (exact) mass is 374 g/mol. The Kier molecular flexibility index (Phi) is 4.97. The summed E-state index contributed by atoms with van der Waals surface area (Å²) >= 11 is 5.90. The molecule has 130 valence electrons. The van der Waals surface area contributed by atoms with Crippen LogP contribution in [0, 0.1) is 0 Å². The molecule has 1 aromatic heterocycles. The van der Waals surface area contributed by atoms with Crippen LogP contribution in [0.15, 0.2) is 64.5 Å². The first-order valence-electron chi connectivity index (χ1n) is 8.12. The first kappa shape index (κ1) is 17.7. The Bertz CT molecular complexity index is 998. The number of sulfone groups is 1. The SMILES string of the molecule is CCN(CC)c1c(S(=O)(=O)c2ccc(Cl)cc2)cnc2ccccc12. The van der Waals surface area contributed by atoms with E-state index in [1.165, 1.54) is 18.3 Å². The Hall–Kier alpha value is -2.11. The average Bonchev–Trinajstić information content (AvgIpc) is 2.63. The number of anilines is 1. The third-order valence-electron chi connectivity index (χ3n) is 4.21. The molecule has 0 saturated carbocycles. The van der Waals surface area contributed by atoms with E-state index >= 15 is 0 Å². The minimum Gasteiger partial charge on any atom is -0.370 e. The molecular formula is C19H19ClN2O2S. The third kappa shape index (κ3) is 3.22. The van der Waals surface area contributed by atoms with Crippen molar-refractivity contribution < 1.29 is 8.42 Å². The number of rotatable bonds is 5. The molecule has 0 fully saturated rings. The summed E-state index contributed by atoms with van der Waals surface area (Å²) in [6.45, 7) is 5.43. The van der Waals surface area contributed by atoms with Crippen molar-refractivity contribution >= 4 is 38.0 Å². The van der Waals surface area contributed by atoms with Crippen LogP contribution in [-0.4, -0.2) is 26.5 Å². The lowest BCUT2D eigenvalue weighted by atomic mass is 10.1. The Balaban J connectivity index is 2.31. The molecule has 6 heteroatoms. The lowest BCUT2D eigenvalue weighted by Gasteiger charge is -2.25. The topological polar surface area (TPSA) is 50.3 Å². The molecule has 1 heterocycles. The van der Waals surface area contributed by atoms with Crippen LogP contribution in [0.1, 0.15) is 13.8 Å². The normalized spacial score (nSPS) is 11.6. The van der Waals surface area contributed by atoms with Crippen molar-refractivity contribution in [3.8, 4) is 0 Å². The summed E-state index contributed by atoms with van der Waals surface area (Å²) in [5, 5.41) is 1.33. The van der Waals surface area contributed by atoms with Crippen molar-refractivity contribution in [3.05, 3.63) is 59.8 Å². The molecule has 0 spiro atoms. The molecule has 0 aliphatic carbocycles. The van der Waals surface area contributed by atoms with Crippen LogP contribution in [0.5, 0.6) is 0 Å². The molecule has 4 nitrogen and oxygen atoms in total. The number of aromatic nitrogens is 1. The Morgan fingerprint density at radius 2 is 1.64 bits per heavy atom. The van der Waals surface area contributed by atoms with Gasteiger partial charge in [-0.15, -0.1) is 0 Å². The molecule has 0 atom stereocenters. The van der Waals surface area contributed by atoms with Crippen molar-refractivity contribution in [2.24, 2.45) is 0 Å². The van der Waals surface area contributed by atoms with Gasteiger partial charge in [-0.1, -0.05) is 29.8 Å². The van der Waals surface area contributed by atoms with Crippen LogP contribution < -0.4 is 4.90 Å². The zero-order valence-electron chi connectivity index (χ0n) is 14.1. The van der Waals surface area contributed by atoms with Gasteiger partial charge in [0.2, 0.25) is 9.84 Å². The summed E-state index contributed by atoms with van der Waals surface area (Å²) < 4.78 is 26.5. The lowest BCUT2D eigenvalue weighted by molar-refractivity contribution is 0.595. The minimum atomic E-state index is -3.71. The van der Waals surface area contributed by atoms with E-state index in [9.17, 15) is 8.42 Å². The number of para-hydroxylation sites is 1. The van der Waals surface area contributed by atoms with Crippen LogP contribution in [0.2, 0.25) is 5.02 Å². The molecule has 0 radical (unpaired) electrons. The van der Waals surface area contributed by atoms with E-state index in [2.05, 4.69) is 4.98 Å². The van der Waals surface area contributed by atoms with E-state index in [4.69, 9.17) is 11.6 Å². The molecule has 0 aliphatic heterocycles. The largest absolute Gasteiger partial charge is 0.370 e. The molecule has 0 amide bonds. The first-order chi connectivity index (χ1) is 12.0. The maximum absolute atomic E-state index is 13.2. The Morgan fingerprint density at radius 3 is 2.28 bits per heavy atom. The van der Waals surface area contributed by atoms with Crippen LogP contribution in [0.3, 0.4) is 0 Å². The molecule has 25 heavy (non-hydrogen) atoms. The van der Waals surface area contributed by atoms with Crippen molar-refractivity contribution in [2.75, 3.05) is 18.0 Å². The number of benzene rings is 2. The lowest BCUT2D eigenvalue weighted by Crippen LogP contribution is -2.24. The maximum Gasteiger partial charge on any atom is 0.210 e. The van der Waals surface area contributed by atoms with Crippen LogP contribution >= 0.6 is 11.6 Å². The first-order valence-corrected chi connectivity index (χ1v) is 9.98. The van der Waals surface area contributed by atoms with E-state index in [0.29, 0.717) is 23.8 Å². The van der Waals surface area contributed by atoms with Gasteiger partial charge in [0.05, 0.1) is 16.1 Å². The van der Waals surface area contributed by atoms with Crippen LogP contribution in [0.25, 0.3) is 10.9 Å². The average molecular weight is 375 g/mol. The van der Waals surface area contributed by atoms with Gasteiger partial charge in [0.15, 0.2) is 0 Å². The van der Waals surface area contributed by atoms with E-state index < -0.39 is 9.84 Å². The van der Waals surface area contributed by atoms with Gasteiger partial charge in [-0.25, -0.2) is 8.42 Å². The quantitative estimate of drug-likeness (QED) is 0.656. The fraction of sp³-hybridized carbons (Fsp3) is 0.211. The molecule has 0 aliphatic rings. The second kappa shape index (κ2) is 7.02.